The first-order valence-corrected chi connectivity index (χ1v) is 7.60. The van der Waals surface area contributed by atoms with Gasteiger partial charge in [-0.2, -0.15) is 0 Å². The van der Waals surface area contributed by atoms with Crippen molar-refractivity contribution < 1.29 is 9.53 Å². The van der Waals surface area contributed by atoms with Gasteiger partial charge in [0.1, 0.15) is 6.10 Å². The number of hydrogen-bond acceptors (Lipinski definition) is 2. The number of carbonyl (C=O) groups excluding carboxylic acids is 1. The average molecular weight is 254 g/mol. The van der Waals surface area contributed by atoms with Crippen LogP contribution in [0.5, 0.6) is 0 Å². The van der Waals surface area contributed by atoms with Gasteiger partial charge in [0.2, 0.25) is 0 Å². The van der Waals surface area contributed by atoms with Crippen LogP contribution >= 0.6 is 0 Å². The number of ketones is 1. The lowest BCUT2D eigenvalue weighted by atomic mass is 9.81. The maximum Gasteiger partial charge on any atom is 0.162 e. The predicted molar refractivity (Wildman–Crippen MR) is 75.6 cm³/mol. The SMILES string of the molecule is COC(C(=O)CC(C)CC(C)C)C1CCCCC1. The molecule has 1 fully saturated rings. The van der Waals surface area contributed by atoms with E-state index in [-0.39, 0.29) is 6.10 Å². The Labute approximate surface area is 112 Å². The summed E-state index contributed by atoms with van der Waals surface area (Å²) in [4.78, 5) is 12.3. The zero-order valence-electron chi connectivity index (χ0n) is 12.6. The maximum absolute atomic E-state index is 12.3. The number of hydrogen-bond donors (Lipinski definition) is 0. The van der Waals surface area contributed by atoms with Gasteiger partial charge in [-0.15, -0.1) is 0 Å². The van der Waals surface area contributed by atoms with E-state index in [2.05, 4.69) is 20.8 Å². The zero-order chi connectivity index (χ0) is 13.5. The Morgan fingerprint density at radius 2 is 1.78 bits per heavy atom. The maximum atomic E-state index is 12.3. The fourth-order valence-corrected chi connectivity index (χ4v) is 3.37. The number of ether oxygens (including phenoxy) is 1. The van der Waals surface area contributed by atoms with Crippen molar-refractivity contribution in [2.45, 2.75) is 71.8 Å². The van der Waals surface area contributed by atoms with E-state index in [1.165, 1.54) is 32.1 Å². The third-order valence-corrected chi connectivity index (χ3v) is 4.07. The third kappa shape index (κ3) is 5.09. The smallest absolute Gasteiger partial charge is 0.162 e. The standard InChI is InChI=1S/C16H30O2/c1-12(2)10-13(3)11-15(17)16(18-4)14-8-6-5-7-9-14/h12-14,16H,5-11H2,1-4H3. The van der Waals surface area contributed by atoms with E-state index in [0.717, 1.165) is 6.42 Å². The minimum atomic E-state index is -0.139. The highest BCUT2D eigenvalue weighted by Crippen LogP contribution is 2.29. The average Bonchev–Trinajstić information content (AvgIpc) is 2.29. The molecule has 0 aromatic heterocycles. The van der Waals surface area contributed by atoms with Gasteiger partial charge >= 0.3 is 0 Å². The van der Waals surface area contributed by atoms with E-state index in [1.54, 1.807) is 7.11 Å². The highest BCUT2D eigenvalue weighted by Gasteiger charge is 2.29. The van der Waals surface area contributed by atoms with Crippen LogP contribution in [0.25, 0.3) is 0 Å². The first-order valence-electron chi connectivity index (χ1n) is 7.60. The lowest BCUT2D eigenvalue weighted by molar-refractivity contribution is -0.133. The lowest BCUT2D eigenvalue weighted by Crippen LogP contribution is -2.34. The van der Waals surface area contributed by atoms with Gasteiger partial charge < -0.3 is 4.74 Å². The minimum Gasteiger partial charge on any atom is -0.373 e. The molecule has 0 N–H and O–H groups in total. The number of rotatable bonds is 7. The summed E-state index contributed by atoms with van der Waals surface area (Å²) in [6, 6.07) is 0. The number of carbonyl (C=O) groups is 1. The number of methoxy groups -OCH3 is 1. The van der Waals surface area contributed by atoms with E-state index in [9.17, 15) is 4.79 Å². The normalized spacial score (nSPS) is 20.9. The fourth-order valence-electron chi connectivity index (χ4n) is 3.37. The summed E-state index contributed by atoms with van der Waals surface area (Å²) in [5.41, 5.74) is 0. The van der Waals surface area contributed by atoms with Crippen molar-refractivity contribution in [1.29, 1.82) is 0 Å². The Bertz CT molecular complexity index is 241. The van der Waals surface area contributed by atoms with Crippen LogP contribution in [0, 0.1) is 17.8 Å². The first-order chi connectivity index (χ1) is 8.54. The van der Waals surface area contributed by atoms with Gasteiger partial charge in [-0.3, -0.25) is 4.79 Å². The van der Waals surface area contributed by atoms with Gasteiger partial charge in [0, 0.05) is 13.5 Å². The molecule has 0 radical (unpaired) electrons. The van der Waals surface area contributed by atoms with Crippen LogP contribution in [0.2, 0.25) is 0 Å². The molecule has 1 aliphatic carbocycles. The molecule has 0 aromatic carbocycles. The Balaban J connectivity index is 2.45. The van der Waals surface area contributed by atoms with Crippen LogP contribution in [-0.2, 0) is 9.53 Å². The molecule has 0 bridgehead atoms. The Morgan fingerprint density at radius 3 is 2.28 bits per heavy atom. The predicted octanol–water partition coefficient (Wildman–Crippen LogP) is 4.22. The second-order valence-electron chi connectivity index (χ2n) is 6.46. The van der Waals surface area contributed by atoms with Gasteiger partial charge in [-0.05, 0) is 37.0 Å². The van der Waals surface area contributed by atoms with E-state index < -0.39 is 0 Å². The van der Waals surface area contributed by atoms with Gasteiger partial charge in [-0.25, -0.2) is 0 Å². The fraction of sp³-hybridized carbons (Fsp3) is 0.938. The van der Waals surface area contributed by atoms with Gasteiger partial charge in [0.05, 0.1) is 0 Å². The Hall–Kier alpha value is -0.370. The van der Waals surface area contributed by atoms with Crippen molar-refractivity contribution in [3.63, 3.8) is 0 Å². The van der Waals surface area contributed by atoms with Crippen LogP contribution in [0.4, 0.5) is 0 Å². The van der Waals surface area contributed by atoms with E-state index in [4.69, 9.17) is 4.74 Å². The van der Waals surface area contributed by atoms with Crippen molar-refractivity contribution in [2.24, 2.45) is 17.8 Å². The summed E-state index contributed by atoms with van der Waals surface area (Å²) in [7, 11) is 1.70. The van der Waals surface area contributed by atoms with Crippen molar-refractivity contribution >= 4 is 5.78 Å². The van der Waals surface area contributed by atoms with Crippen LogP contribution < -0.4 is 0 Å². The molecule has 1 saturated carbocycles. The Kier molecular flexibility index (Phi) is 6.91. The highest BCUT2D eigenvalue weighted by molar-refractivity contribution is 5.83. The second kappa shape index (κ2) is 7.93. The molecule has 1 rings (SSSR count). The topological polar surface area (TPSA) is 26.3 Å². The van der Waals surface area contributed by atoms with Gasteiger partial charge in [-0.1, -0.05) is 40.0 Å². The molecule has 0 heterocycles. The zero-order valence-corrected chi connectivity index (χ0v) is 12.6. The van der Waals surface area contributed by atoms with E-state index >= 15 is 0 Å². The molecular weight excluding hydrogens is 224 g/mol. The van der Waals surface area contributed by atoms with Crippen molar-refractivity contribution in [3.8, 4) is 0 Å². The monoisotopic (exact) mass is 254 g/mol. The summed E-state index contributed by atoms with van der Waals surface area (Å²) < 4.78 is 5.51. The first kappa shape index (κ1) is 15.7. The summed E-state index contributed by atoms with van der Waals surface area (Å²) in [5, 5.41) is 0. The van der Waals surface area contributed by atoms with Crippen LogP contribution in [0.3, 0.4) is 0 Å². The summed E-state index contributed by atoms with van der Waals surface area (Å²) in [6.07, 6.45) is 7.87. The van der Waals surface area contributed by atoms with Crippen LogP contribution in [0.15, 0.2) is 0 Å². The molecule has 0 amide bonds. The minimum absolute atomic E-state index is 0.139. The molecule has 0 spiro atoms. The number of Topliss-reactive ketones (excluding diaryl/α,β-unsaturated/α-hetero) is 1. The molecule has 106 valence electrons. The molecule has 2 atom stereocenters. The van der Waals surface area contributed by atoms with Crippen molar-refractivity contribution in [1.82, 2.24) is 0 Å². The molecule has 0 aliphatic heterocycles. The summed E-state index contributed by atoms with van der Waals surface area (Å²) >= 11 is 0. The molecule has 18 heavy (non-hydrogen) atoms. The molecule has 2 nitrogen and oxygen atoms in total. The largest absolute Gasteiger partial charge is 0.373 e. The molecule has 1 aliphatic rings. The van der Waals surface area contributed by atoms with Crippen molar-refractivity contribution in [3.05, 3.63) is 0 Å². The molecule has 0 aromatic rings. The summed E-state index contributed by atoms with van der Waals surface area (Å²) in [5.74, 6) is 1.96. The summed E-state index contributed by atoms with van der Waals surface area (Å²) in [6.45, 7) is 6.62. The Morgan fingerprint density at radius 1 is 1.17 bits per heavy atom. The highest BCUT2D eigenvalue weighted by atomic mass is 16.5. The van der Waals surface area contributed by atoms with Crippen LogP contribution in [0.1, 0.15) is 65.7 Å². The van der Waals surface area contributed by atoms with Crippen LogP contribution in [-0.4, -0.2) is 19.0 Å². The van der Waals surface area contributed by atoms with Gasteiger partial charge in [0.25, 0.3) is 0 Å². The molecule has 2 heteroatoms. The van der Waals surface area contributed by atoms with E-state index in [1.807, 2.05) is 0 Å². The molecule has 0 saturated heterocycles. The van der Waals surface area contributed by atoms with E-state index in [0.29, 0.717) is 30.0 Å². The molecular formula is C16H30O2. The molecule has 2 unspecified atom stereocenters. The van der Waals surface area contributed by atoms with Gasteiger partial charge in [0.15, 0.2) is 5.78 Å². The lowest BCUT2D eigenvalue weighted by Gasteiger charge is -2.29. The second-order valence-corrected chi connectivity index (χ2v) is 6.46. The quantitative estimate of drug-likeness (QED) is 0.680. The third-order valence-electron chi connectivity index (χ3n) is 4.07. The van der Waals surface area contributed by atoms with Crippen molar-refractivity contribution in [2.75, 3.05) is 7.11 Å².